The van der Waals surface area contributed by atoms with Crippen LogP contribution in [0.25, 0.3) is 0 Å². The molecule has 2 bridgehead atoms. The first-order valence-corrected chi connectivity index (χ1v) is 9.62. The number of para-hydroxylation sites is 1. The summed E-state index contributed by atoms with van der Waals surface area (Å²) in [4.78, 5) is 15.5. The van der Waals surface area contributed by atoms with Gasteiger partial charge in [-0.3, -0.25) is 4.90 Å². The van der Waals surface area contributed by atoms with Crippen LogP contribution in [0.5, 0.6) is 0 Å². The Morgan fingerprint density at radius 3 is 3.08 bits per heavy atom. The number of halogens is 1. The van der Waals surface area contributed by atoms with Gasteiger partial charge in [-0.2, -0.15) is 0 Å². The average molecular weight is 359 g/mol. The van der Waals surface area contributed by atoms with Gasteiger partial charge in [0.2, 0.25) is 0 Å². The number of benzene rings is 1. The number of ether oxygens (including phenoxy) is 1. The molecule has 4 atom stereocenters. The summed E-state index contributed by atoms with van der Waals surface area (Å²) in [6, 6.07) is 6.60. The third-order valence-electron chi connectivity index (χ3n) is 7.08. The van der Waals surface area contributed by atoms with E-state index in [-0.39, 0.29) is 17.3 Å². The Hall–Kier alpha value is -1.52. The van der Waals surface area contributed by atoms with Gasteiger partial charge in [-0.15, -0.1) is 0 Å². The predicted octanol–water partition coefficient (Wildman–Crippen LogP) is 3.56. The maximum Gasteiger partial charge on any atom is 0.335 e. The molecule has 5 rings (SSSR count). The molecule has 4 aliphatic rings. The van der Waals surface area contributed by atoms with Gasteiger partial charge in [0.25, 0.3) is 0 Å². The molecule has 2 saturated heterocycles. The van der Waals surface area contributed by atoms with Gasteiger partial charge in [-0.05, 0) is 42.9 Å². The largest absolute Gasteiger partial charge is 0.466 e. The number of carbonyl (C=O) groups is 1. The molecule has 1 aromatic rings. The van der Waals surface area contributed by atoms with Gasteiger partial charge >= 0.3 is 5.97 Å². The van der Waals surface area contributed by atoms with E-state index in [9.17, 15) is 4.79 Å². The van der Waals surface area contributed by atoms with Crippen molar-refractivity contribution in [3.8, 4) is 0 Å². The maximum absolute atomic E-state index is 12.8. The SMILES string of the molecule is CC[C@@H]1CN2CCC34C(=C(C(=O)OC)[C@H]1C[C@H]23)Nc1c(Cl)cccc14. The number of anilines is 1. The highest BCUT2D eigenvalue weighted by atomic mass is 35.5. The molecule has 132 valence electrons. The number of hydrogen-bond donors (Lipinski definition) is 1. The van der Waals surface area contributed by atoms with Crippen molar-refractivity contribution >= 4 is 23.3 Å². The molecule has 5 heteroatoms. The van der Waals surface area contributed by atoms with Crippen molar-refractivity contribution < 1.29 is 9.53 Å². The van der Waals surface area contributed by atoms with Crippen LogP contribution in [-0.2, 0) is 14.9 Å². The van der Waals surface area contributed by atoms with Crippen molar-refractivity contribution in [1.29, 1.82) is 0 Å². The van der Waals surface area contributed by atoms with Crippen LogP contribution in [0, 0.1) is 11.8 Å². The number of fused-ring (bicyclic) bond motifs is 2. The highest BCUT2D eigenvalue weighted by Gasteiger charge is 2.62. The first-order chi connectivity index (χ1) is 12.1. The second kappa shape index (κ2) is 5.24. The zero-order valence-electron chi connectivity index (χ0n) is 14.6. The van der Waals surface area contributed by atoms with Crippen LogP contribution < -0.4 is 5.32 Å². The number of hydrogen-bond acceptors (Lipinski definition) is 4. The number of nitrogens with one attached hydrogen (secondary N) is 1. The average Bonchev–Trinajstić information content (AvgIpc) is 3.18. The van der Waals surface area contributed by atoms with Crippen LogP contribution in [0.2, 0.25) is 5.02 Å². The summed E-state index contributed by atoms with van der Waals surface area (Å²) in [6.45, 7) is 4.40. The number of piperidine rings is 1. The fraction of sp³-hybridized carbons (Fsp3) is 0.550. The summed E-state index contributed by atoms with van der Waals surface area (Å²) in [5.41, 5.74) is 4.07. The normalized spacial score (nSPS) is 35.2. The molecule has 3 heterocycles. The van der Waals surface area contributed by atoms with Crippen molar-refractivity contribution in [3.05, 3.63) is 40.1 Å². The quantitative estimate of drug-likeness (QED) is 0.821. The maximum atomic E-state index is 12.8. The third kappa shape index (κ3) is 1.79. The smallest absolute Gasteiger partial charge is 0.335 e. The number of rotatable bonds is 2. The summed E-state index contributed by atoms with van der Waals surface area (Å²) >= 11 is 6.51. The van der Waals surface area contributed by atoms with E-state index in [1.165, 1.54) is 12.7 Å². The molecule has 3 aliphatic heterocycles. The minimum atomic E-state index is -0.173. The molecular weight excluding hydrogens is 336 g/mol. The van der Waals surface area contributed by atoms with Crippen molar-refractivity contribution in [2.75, 3.05) is 25.5 Å². The number of esters is 1. The molecule has 0 aromatic heterocycles. The molecule has 1 aromatic carbocycles. The first-order valence-electron chi connectivity index (χ1n) is 9.24. The molecule has 1 aliphatic carbocycles. The fourth-order valence-electron chi connectivity index (χ4n) is 6.01. The molecule has 1 unspecified atom stereocenters. The van der Waals surface area contributed by atoms with E-state index in [2.05, 4.69) is 23.2 Å². The molecule has 25 heavy (non-hydrogen) atoms. The van der Waals surface area contributed by atoms with E-state index in [1.807, 2.05) is 12.1 Å². The van der Waals surface area contributed by atoms with Crippen molar-refractivity contribution in [3.63, 3.8) is 0 Å². The number of methoxy groups -OCH3 is 1. The Labute approximate surface area is 153 Å². The van der Waals surface area contributed by atoms with Gasteiger partial charge in [-0.25, -0.2) is 4.79 Å². The minimum Gasteiger partial charge on any atom is -0.466 e. The van der Waals surface area contributed by atoms with Crippen LogP contribution in [0.4, 0.5) is 5.69 Å². The van der Waals surface area contributed by atoms with Crippen LogP contribution >= 0.6 is 11.6 Å². The topological polar surface area (TPSA) is 41.6 Å². The van der Waals surface area contributed by atoms with Crippen molar-refractivity contribution in [2.45, 2.75) is 37.6 Å². The second-order valence-electron chi connectivity index (χ2n) is 7.81. The van der Waals surface area contributed by atoms with Gasteiger partial charge in [-0.1, -0.05) is 37.1 Å². The Morgan fingerprint density at radius 2 is 2.32 bits per heavy atom. The standard InChI is InChI=1S/C20H23ClN2O2/c1-3-11-10-23-8-7-20-13-5-4-6-14(21)17(13)22-18(20)16(19(24)25-2)12(11)9-15(20)23/h4-6,11-12,15,22H,3,7-10H2,1-2H3/t11-,12+,15+,20?/m1/s1. The molecule has 0 amide bonds. The lowest BCUT2D eigenvalue weighted by atomic mass is 9.60. The van der Waals surface area contributed by atoms with Crippen LogP contribution in [0.1, 0.15) is 31.7 Å². The molecule has 1 spiro atoms. The van der Waals surface area contributed by atoms with E-state index in [4.69, 9.17) is 16.3 Å². The van der Waals surface area contributed by atoms with Crippen LogP contribution in [0.15, 0.2) is 29.5 Å². The van der Waals surface area contributed by atoms with Crippen LogP contribution in [-0.4, -0.2) is 37.1 Å². The molecule has 0 saturated carbocycles. The van der Waals surface area contributed by atoms with E-state index < -0.39 is 0 Å². The number of nitrogens with zero attached hydrogens (tertiary/aromatic N) is 1. The molecular formula is C20H23ClN2O2. The van der Waals surface area contributed by atoms with E-state index in [1.54, 1.807) is 0 Å². The third-order valence-corrected chi connectivity index (χ3v) is 7.39. The Balaban J connectivity index is 1.80. The Kier molecular flexibility index (Phi) is 3.29. The van der Waals surface area contributed by atoms with Crippen molar-refractivity contribution in [1.82, 2.24) is 4.90 Å². The van der Waals surface area contributed by atoms with Gasteiger partial charge in [0, 0.05) is 18.3 Å². The lowest BCUT2D eigenvalue weighted by Crippen LogP contribution is -2.55. The molecule has 2 fully saturated rings. The second-order valence-corrected chi connectivity index (χ2v) is 8.22. The number of carbonyl (C=O) groups excluding carboxylic acids is 1. The van der Waals surface area contributed by atoms with Gasteiger partial charge in [0.1, 0.15) is 0 Å². The zero-order chi connectivity index (χ0) is 17.3. The predicted molar refractivity (Wildman–Crippen MR) is 97.7 cm³/mol. The fourth-order valence-corrected chi connectivity index (χ4v) is 6.23. The molecule has 0 radical (unpaired) electrons. The van der Waals surface area contributed by atoms with E-state index in [0.717, 1.165) is 54.3 Å². The monoisotopic (exact) mass is 358 g/mol. The lowest BCUT2D eigenvalue weighted by Gasteiger charge is -2.50. The Morgan fingerprint density at radius 1 is 1.48 bits per heavy atom. The van der Waals surface area contributed by atoms with E-state index >= 15 is 0 Å². The van der Waals surface area contributed by atoms with Gasteiger partial charge in [0.15, 0.2) is 0 Å². The van der Waals surface area contributed by atoms with Crippen molar-refractivity contribution in [2.24, 2.45) is 11.8 Å². The Bertz CT molecular complexity index is 805. The minimum absolute atomic E-state index is 0.126. The highest BCUT2D eigenvalue weighted by molar-refractivity contribution is 6.33. The van der Waals surface area contributed by atoms with Crippen LogP contribution in [0.3, 0.4) is 0 Å². The summed E-state index contributed by atoms with van der Waals surface area (Å²) in [7, 11) is 1.49. The van der Waals surface area contributed by atoms with E-state index in [0.29, 0.717) is 12.0 Å². The molecule has 1 N–H and O–H groups in total. The van der Waals surface area contributed by atoms with Gasteiger partial charge in [0.05, 0.1) is 28.8 Å². The first kappa shape index (κ1) is 15.7. The summed E-state index contributed by atoms with van der Waals surface area (Å²) < 4.78 is 5.23. The summed E-state index contributed by atoms with van der Waals surface area (Å²) in [6.07, 6.45) is 3.17. The summed E-state index contributed by atoms with van der Waals surface area (Å²) in [5, 5.41) is 4.32. The highest BCUT2D eigenvalue weighted by Crippen LogP contribution is 2.62. The molecule has 4 nitrogen and oxygen atoms in total. The van der Waals surface area contributed by atoms with Gasteiger partial charge < -0.3 is 10.1 Å². The summed E-state index contributed by atoms with van der Waals surface area (Å²) in [5.74, 6) is 0.614. The zero-order valence-corrected chi connectivity index (χ0v) is 15.4. The lowest BCUT2D eigenvalue weighted by molar-refractivity contribution is -0.137.